The standard InChI is InChI=1S/C7H7F3S/c1-4-3-6(5(2)11-4)7(8,9)10/h3H,1-2H3. The van der Waals surface area contributed by atoms with Crippen LogP contribution in [0.4, 0.5) is 13.2 Å². The normalized spacial score (nSPS) is 12.1. The molecule has 0 aliphatic heterocycles. The van der Waals surface area contributed by atoms with Crippen molar-refractivity contribution in [1.29, 1.82) is 0 Å². The van der Waals surface area contributed by atoms with Gasteiger partial charge in [-0.25, -0.2) is 0 Å². The molecule has 4 heteroatoms. The van der Waals surface area contributed by atoms with Crippen molar-refractivity contribution in [3.05, 3.63) is 21.4 Å². The van der Waals surface area contributed by atoms with Crippen molar-refractivity contribution in [2.24, 2.45) is 0 Å². The SMILES string of the molecule is Cc1cc(C(F)(F)F)c(C)s1. The summed E-state index contributed by atoms with van der Waals surface area (Å²) >= 11 is 1.18. The largest absolute Gasteiger partial charge is 0.417 e. The molecule has 0 fully saturated rings. The van der Waals surface area contributed by atoms with E-state index in [1.54, 1.807) is 6.92 Å². The highest BCUT2D eigenvalue weighted by molar-refractivity contribution is 7.12. The van der Waals surface area contributed by atoms with Crippen molar-refractivity contribution < 1.29 is 13.2 Å². The van der Waals surface area contributed by atoms with Gasteiger partial charge in [0.05, 0.1) is 5.56 Å². The van der Waals surface area contributed by atoms with E-state index in [9.17, 15) is 13.2 Å². The molecule has 1 rings (SSSR count). The molecular formula is C7H7F3S. The molecule has 0 saturated heterocycles. The number of thiophene rings is 1. The first kappa shape index (κ1) is 8.59. The van der Waals surface area contributed by atoms with E-state index in [0.717, 1.165) is 0 Å². The Morgan fingerprint density at radius 1 is 1.27 bits per heavy atom. The van der Waals surface area contributed by atoms with Gasteiger partial charge in [0, 0.05) is 9.75 Å². The Kier molecular flexibility index (Phi) is 1.96. The van der Waals surface area contributed by atoms with Crippen LogP contribution in [0.3, 0.4) is 0 Å². The summed E-state index contributed by atoms with van der Waals surface area (Å²) < 4.78 is 36.2. The Bertz CT molecular complexity index is 259. The van der Waals surface area contributed by atoms with Gasteiger partial charge in [0.25, 0.3) is 0 Å². The van der Waals surface area contributed by atoms with Gasteiger partial charge in [0.2, 0.25) is 0 Å². The molecule has 0 saturated carbocycles. The Morgan fingerprint density at radius 3 is 2.00 bits per heavy atom. The zero-order valence-corrected chi connectivity index (χ0v) is 6.94. The van der Waals surface area contributed by atoms with E-state index < -0.39 is 11.7 Å². The molecule has 0 atom stereocenters. The third-order valence-corrected chi connectivity index (χ3v) is 2.31. The lowest BCUT2D eigenvalue weighted by atomic mass is 10.2. The lowest BCUT2D eigenvalue weighted by Crippen LogP contribution is -2.04. The average molecular weight is 180 g/mol. The third-order valence-electron chi connectivity index (χ3n) is 1.35. The van der Waals surface area contributed by atoms with Gasteiger partial charge < -0.3 is 0 Å². The molecule has 0 aliphatic carbocycles. The molecule has 11 heavy (non-hydrogen) atoms. The Labute approximate surface area is 66.7 Å². The molecule has 62 valence electrons. The summed E-state index contributed by atoms with van der Waals surface area (Å²) in [5, 5.41) is 0. The molecule has 0 radical (unpaired) electrons. The molecule has 0 amide bonds. The summed E-state index contributed by atoms with van der Waals surface area (Å²) in [4.78, 5) is 1.05. The minimum Gasteiger partial charge on any atom is -0.166 e. The van der Waals surface area contributed by atoms with E-state index in [4.69, 9.17) is 0 Å². The molecule has 0 nitrogen and oxygen atoms in total. The maximum atomic E-state index is 12.1. The second-order valence-corrected chi connectivity index (χ2v) is 3.79. The van der Waals surface area contributed by atoms with Gasteiger partial charge in [-0.2, -0.15) is 13.2 Å². The van der Waals surface area contributed by atoms with Gasteiger partial charge in [0.1, 0.15) is 0 Å². The van der Waals surface area contributed by atoms with Gasteiger partial charge in [-0.3, -0.25) is 0 Å². The molecule has 1 aromatic rings. The van der Waals surface area contributed by atoms with Crippen LogP contribution >= 0.6 is 11.3 Å². The number of hydrogen-bond donors (Lipinski definition) is 0. The highest BCUT2D eigenvalue weighted by atomic mass is 32.1. The highest BCUT2D eigenvalue weighted by Gasteiger charge is 2.33. The highest BCUT2D eigenvalue weighted by Crippen LogP contribution is 2.35. The van der Waals surface area contributed by atoms with Gasteiger partial charge >= 0.3 is 6.18 Å². The van der Waals surface area contributed by atoms with E-state index in [-0.39, 0.29) is 0 Å². The monoisotopic (exact) mass is 180 g/mol. The molecule has 1 heterocycles. The zero-order chi connectivity index (χ0) is 8.65. The van der Waals surface area contributed by atoms with Crippen LogP contribution in [-0.4, -0.2) is 0 Å². The van der Waals surface area contributed by atoms with Crippen LogP contribution in [0.1, 0.15) is 15.3 Å². The van der Waals surface area contributed by atoms with Gasteiger partial charge in [-0.05, 0) is 19.9 Å². The topological polar surface area (TPSA) is 0 Å². The Balaban J connectivity index is 3.13. The van der Waals surface area contributed by atoms with E-state index in [1.165, 1.54) is 24.3 Å². The quantitative estimate of drug-likeness (QED) is 0.574. The van der Waals surface area contributed by atoms with Crippen LogP contribution in [0.15, 0.2) is 6.07 Å². The number of rotatable bonds is 0. The second-order valence-electron chi connectivity index (χ2n) is 2.32. The summed E-state index contributed by atoms with van der Waals surface area (Å²) in [6.07, 6.45) is -4.19. The number of halogens is 3. The van der Waals surface area contributed by atoms with Crippen LogP contribution in [0, 0.1) is 13.8 Å². The summed E-state index contributed by atoms with van der Waals surface area (Å²) in [6.45, 7) is 3.16. The van der Waals surface area contributed by atoms with Crippen molar-refractivity contribution in [3.8, 4) is 0 Å². The van der Waals surface area contributed by atoms with E-state index >= 15 is 0 Å². The first-order valence-corrected chi connectivity index (χ1v) is 3.87. The lowest BCUT2D eigenvalue weighted by molar-refractivity contribution is -0.137. The predicted molar refractivity (Wildman–Crippen MR) is 38.8 cm³/mol. The van der Waals surface area contributed by atoms with Crippen LogP contribution in [0.2, 0.25) is 0 Å². The molecule has 0 aliphatic rings. The summed E-state index contributed by atoms with van der Waals surface area (Å²) in [7, 11) is 0. The maximum absolute atomic E-state index is 12.1. The van der Waals surface area contributed by atoms with Gasteiger partial charge in [-0.15, -0.1) is 11.3 Å². The maximum Gasteiger partial charge on any atom is 0.417 e. The molecule has 0 N–H and O–H groups in total. The lowest BCUT2D eigenvalue weighted by Gasteiger charge is -2.03. The van der Waals surface area contributed by atoms with Crippen LogP contribution in [0.25, 0.3) is 0 Å². The molecular weight excluding hydrogens is 173 g/mol. The first-order chi connectivity index (χ1) is 4.91. The zero-order valence-electron chi connectivity index (χ0n) is 6.12. The smallest absolute Gasteiger partial charge is 0.166 e. The molecule has 1 aromatic heterocycles. The fourth-order valence-corrected chi connectivity index (χ4v) is 1.86. The van der Waals surface area contributed by atoms with E-state index in [2.05, 4.69) is 0 Å². The van der Waals surface area contributed by atoms with E-state index in [0.29, 0.717) is 9.75 Å². The van der Waals surface area contributed by atoms with Gasteiger partial charge in [0.15, 0.2) is 0 Å². The third kappa shape index (κ3) is 1.74. The van der Waals surface area contributed by atoms with Crippen LogP contribution < -0.4 is 0 Å². The summed E-state index contributed by atoms with van der Waals surface area (Å²) in [6, 6.07) is 1.18. The summed E-state index contributed by atoms with van der Waals surface area (Å²) in [5.74, 6) is 0. The molecule has 0 aromatic carbocycles. The minimum absolute atomic E-state index is 0.343. The van der Waals surface area contributed by atoms with Crippen molar-refractivity contribution >= 4 is 11.3 Å². The van der Waals surface area contributed by atoms with Gasteiger partial charge in [-0.1, -0.05) is 0 Å². The van der Waals surface area contributed by atoms with Crippen molar-refractivity contribution in [1.82, 2.24) is 0 Å². The molecule has 0 unspecified atom stereocenters. The van der Waals surface area contributed by atoms with E-state index in [1.807, 2.05) is 0 Å². The molecule has 0 spiro atoms. The van der Waals surface area contributed by atoms with Crippen LogP contribution in [-0.2, 0) is 6.18 Å². The van der Waals surface area contributed by atoms with Crippen LogP contribution in [0.5, 0.6) is 0 Å². The number of aryl methyl sites for hydroxylation is 2. The number of hydrogen-bond acceptors (Lipinski definition) is 1. The van der Waals surface area contributed by atoms with Crippen molar-refractivity contribution in [2.45, 2.75) is 20.0 Å². The number of alkyl halides is 3. The van der Waals surface area contributed by atoms with Crippen molar-refractivity contribution in [3.63, 3.8) is 0 Å². The fraction of sp³-hybridized carbons (Fsp3) is 0.429. The fourth-order valence-electron chi connectivity index (χ4n) is 0.912. The Hall–Kier alpha value is -0.510. The first-order valence-electron chi connectivity index (χ1n) is 3.05. The summed E-state index contributed by atoms with van der Waals surface area (Å²) in [5.41, 5.74) is -0.500. The predicted octanol–water partition coefficient (Wildman–Crippen LogP) is 3.38. The minimum atomic E-state index is -4.19. The Morgan fingerprint density at radius 2 is 1.82 bits per heavy atom. The van der Waals surface area contributed by atoms with Crippen molar-refractivity contribution in [2.75, 3.05) is 0 Å². The second kappa shape index (κ2) is 2.52. The molecule has 0 bridgehead atoms. The average Bonchev–Trinajstić information content (AvgIpc) is 2.08.